The van der Waals surface area contributed by atoms with Crippen LogP contribution in [0.25, 0.3) is 0 Å². The number of anilines is 1. The van der Waals surface area contributed by atoms with Crippen molar-refractivity contribution in [1.82, 2.24) is 0 Å². The van der Waals surface area contributed by atoms with Crippen LogP contribution >= 0.6 is 12.4 Å². The lowest BCUT2D eigenvalue weighted by molar-refractivity contribution is -0.129. The average Bonchev–Trinajstić information content (AvgIpc) is 2.52. The Hall–Kier alpha value is -1.66. The van der Waals surface area contributed by atoms with Crippen LogP contribution in [0.5, 0.6) is 0 Å². The van der Waals surface area contributed by atoms with Gasteiger partial charge in [-0.15, -0.1) is 12.4 Å². The lowest BCUT2D eigenvalue weighted by Gasteiger charge is -2.20. The maximum absolute atomic E-state index is 14.6. The van der Waals surface area contributed by atoms with Crippen molar-refractivity contribution in [3.63, 3.8) is 0 Å². The quantitative estimate of drug-likeness (QED) is 0.745. The lowest BCUT2D eigenvalue weighted by Crippen LogP contribution is -2.44. The average molecular weight is 274 g/mol. The topological polar surface area (TPSA) is 98.2 Å². The molecule has 0 fully saturated rings. The molecule has 1 aromatic carbocycles. The molecule has 98 valence electrons. The van der Waals surface area contributed by atoms with E-state index in [-0.39, 0.29) is 18.0 Å². The maximum atomic E-state index is 14.6. The monoisotopic (exact) mass is 273 g/mol. The van der Waals surface area contributed by atoms with Gasteiger partial charge in [-0.25, -0.2) is 4.39 Å². The van der Waals surface area contributed by atoms with Gasteiger partial charge < -0.3 is 16.8 Å². The van der Waals surface area contributed by atoms with Crippen molar-refractivity contribution in [2.75, 3.05) is 5.32 Å². The van der Waals surface area contributed by atoms with Crippen LogP contribution in [0.2, 0.25) is 0 Å². The van der Waals surface area contributed by atoms with Crippen molar-refractivity contribution in [3.05, 3.63) is 29.8 Å². The molecular weight excluding hydrogens is 261 g/mol. The molecule has 0 radical (unpaired) electrons. The summed E-state index contributed by atoms with van der Waals surface area (Å²) in [5.74, 6) is -1.64. The van der Waals surface area contributed by atoms with E-state index in [1.54, 1.807) is 18.2 Å². The second kappa shape index (κ2) is 4.91. The number of nitrogens with one attached hydrogen (secondary N) is 1. The summed E-state index contributed by atoms with van der Waals surface area (Å²) in [6.45, 7) is 0. The van der Waals surface area contributed by atoms with E-state index < -0.39 is 29.9 Å². The summed E-state index contributed by atoms with van der Waals surface area (Å²) in [5, 5.41) is 2.41. The Balaban J connectivity index is 0.00000162. The number of hydrogen-bond donors (Lipinski definition) is 3. The van der Waals surface area contributed by atoms with Crippen LogP contribution in [0.15, 0.2) is 24.3 Å². The Morgan fingerprint density at radius 3 is 2.67 bits per heavy atom. The molecule has 0 aromatic heterocycles. The number of amides is 2. The number of primary amides is 1. The molecular formula is C11H13ClFN3O2. The fourth-order valence-corrected chi connectivity index (χ4v) is 1.89. The molecule has 5 N–H and O–H groups in total. The third kappa shape index (κ3) is 2.16. The van der Waals surface area contributed by atoms with Gasteiger partial charge in [0, 0.05) is 17.7 Å². The summed E-state index contributed by atoms with van der Waals surface area (Å²) in [5.41, 5.74) is 8.69. The van der Waals surface area contributed by atoms with E-state index in [0.29, 0.717) is 5.69 Å². The highest BCUT2D eigenvalue weighted by atomic mass is 35.5. The summed E-state index contributed by atoms with van der Waals surface area (Å²) in [6.07, 6.45) is -0.453. The molecule has 7 heteroatoms. The molecule has 2 atom stereocenters. The molecule has 1 heterocycles. The zero-order chi connectivity index (χ0) is 12.6. The van der Waals surface area contributed by atoms with Crippen LogP contribution in [0.1, 0.15) is 12.0 Å². The second-order valence-corrected chi connectivity index (χ2v) is 4.01. The van der Waals surface area contributed by atoms with Crippen LogP contribution < -0.4 is 16.8 Å². The van der Waals surface area contributed by atoms with Gasteiger partial charge in [-0.2, -0.15) is 0 Å². The molecule has 0 spiro atoms. The van der Waals surface area contributed by atoms with Crippen molar-refractivity contribution in [2.24, 2.45) is 11.5 Å². The Kier molecular flexibility index (Phi) is 3.93. The van der Waals surface area contributed by atoms with E-state index in [0.717, 1.165) is 0 Å². The molecule has 1 unspecified atom stereocenters. The molecule has 0 saturated heterocycles. The molecule has 1 aliphatic heterocycles. The number of rotatable bonds is 3. The van der Waals surface area contributed by atoms with Gasteiger partial charge in [0.1, 0.15) is 0 Å². The van der Waals surface area contributed by atoms with E-state index >= 15 is 0 Å². The number of benzene rings is 1. The standard InChI is InChI=1S/C11H12FN3O2.ClH/c12-11(5-7(13)9(14)16)6-3-1-2-4-8(6)15-10(11)17;/h1-4,7H,5,13H2,(H2,14,16)(H,15,17);1H/t7-,11?;/m0./s1. The van der Waals surface area contributed by atoms with Crippen molar-refractivity contribution < 1.29 is 14.0 Å². The molecule has 0 saturated carbocycles. The van der Waals surface area contributed by atoms with Crippen molar-refractivity contribution in [2.45, 2.75) is 18.1 Å². The van der Waals surface area contributed by atoms with Gasteiger partial charge in [0.2, 0.25) is 11.6 Å². The summed E-state index contributed by atoms with van der Waals surface area (Å²) < 4.78 is 14.6. The van der Waals surface area contributed by atoms with Crippen molar-refractivity contribution >= 4 is 29.9 Å². The molecule has 2 rings (SSSR count). The van der Waals surface area contributed by atoms with E-state index in [4.69, 9.17) is 11.5 Å². The van der Waals surface area contributed by atoms with Gasteiger partial charge in [0.05, 0.1) is 6.04 Å². The number of hydrogen-bond acceptors (Lipinski definition) is 3. The SMILES string of the molecule is Cl.NC(=O)[C@@H](N)CC1(F)C(=O)Nc2ccccc21. The van der Waals surface area contributed by atoms with Crippen LogP contribution in [0.4, 0.5) is 10.1 Å². The summed E-state index contributed by atoms with van der Waals surface area (Å²) in [6, 6.07) is 5.17. The van der Waals surface area contributed by atoms with Crippen LogP contribution in [-0.4, -0.2) is 17.9 Å². The summed E-state index contributed by atoms with van der Waals surface area (Å²) in [4.78, 5) is 22.5. The van der Waals surface area contributed by atoms with E-state index in [1.165, 1.54) is 6.07 Å². The fourth-order valence-electron chi connectivity index (χ4n) is 1.89. The maximum Gasteiger partial charge on any atom is 0.266 e. The smallest absolute Gasteiger partial charge is 0.266 e. The van der Waals surface area contributed by atoms with Gasteiger partial charge >= 0.3 is 0 Å². The number of carbonyl (C=O) groups excluding carboxylic acids is 2. The van der Waals surface area contributed by atoms with E-state index in [9.17, 15) is 14.0 Å². The van der Waals surface area contributed by atoms with Crippen LogP contribution in [-0.2, 0) is 15.3 Å². The van der Waals surface area contributed by atoms with Gasteiger partial charge in [-0.1, -0.05) is 18.2 Å². The zero-order valence-electron chi connectivity index (χ0n) is 9.35. The minimum Gasteiger partial charge on any atom is -0.368 e. The molecule has 1 aromatic rings. The number of nitrogens with two attached hydrogens (primary N) is 2. The molecule has 18 heavy (non-hydrogen) atoms. The Bertz CT molecular complexity index is 497. The first-order chi connectivity index (χ1) is 7.95. The Morgan fingerprint density at radius 1 is 1.44 bits per heavy atom. The van der Waals surface area contributed by atoms with Crippen molar-refractivity contribution in [1.29, 1.82) is 0 Å². The largest absolute Gasteiger partial charge is 0.368 e. The first kappa shape index (κ1) is 14.4. The molecule has 0 bridgehead atoms. The number of carbonyl (C=O) groups is 2. The van der Waals surface area contributed by atoms with E-state index in [1.807, 2.05) is 0 Å². The van der Waals surface area contributed by atoms with Crippen molar-refractivity contribution in [3.8, 4) is 0 Å². The minimum absolute atomic E-state index is 0. The Morgan fingerprint density at radius 2 is 2.06 bits per heavy atom. The van der Waals surface area contributed by atoms with Crippen LogP contribution in [0.3, 0.4) is 0 Å². The number of halogens is 2. The Labute approximate surface area is 109 Å². The molecule has 1 aliphatic rings. The molecule has 2 amide bonds. The summed E-state index contributed by atoms with van der Waals surface area (Å²) in [7, 11) is 0. The highest BCUT2D eigenvalue weighted by Crippen LogP contribution is 2.41. The predicted octanol–water partition coefficient (Wildman–Crippen LogP) is 0.428. The van der Waals surface area contributed by atoms with E-state index in [2.05, 4.69) is 5.32 Å². The minimum atomic E-state index is -2.29. The van der Waals surface area contributed by atoms with Gasteiger partial charge in [0.15, 0.2) is 0 Å². The first-order valence-electron chi connectivity index (χ1n) is 5.10. The summed E-state index contributed by atoms with van der Waals surface area (Å²) >= 11 is 0. The highest BCUT2D eigenvalue weighted by molar-refractivity contribution is 6.05. The lowest BCUT2D eigenvalue weighted by atomic mass is 9.90. The third-order valence-electron chi connectivity index (χ3n) is 2.83. The third-order valence-corrected chi connectivity index (χ3v) is 2.83. The number of para-hydroxylation sites is 1. The fraction of sp³-hybridized carbons (Fsp3) is 0.273. The molecule has 0 aliphatic carbocycles. The number of fused-ring (bicyclic) bond motifs is 1. The zero-order valence-corrected chi connectivity index (χ0v) is 10.2. The second-order valence-electron chi connectivity index (χ2n) is 4.01. The predicted molar refractivity (Wildman–Crippen MR) is 66.9 cm³/mol. The van der Waals surface area contributed by atoms with Gasteiger partial charge in [-0.05, 0) is 6.07 Å². The van der Waals surface area contributed by atoms with Gasteiger partial charge in [-0.3, -0.25) is 9.59 Å². The van der Waals surface area contributed by atoms with Gasteiger partial charge in [0.25, 0.3) is 5.91 Å². The highest BCUT2D eigenvalue weighted by Gasteiger charge is 2.48. The first-order valence-corrected chi connectivity index (χ1v) is 5.10. The number of alkyl halides is 1. The molecule has 5 nitrogen and oxygen atoms in total. The van der Waals surface area contributed by atoms with Crippen LogP contribution in [0, 0.1) is 0 Å². The normalized spacial score (nSPS) is 22.7.